The number of nitrogens with one attached hydrogen (secondary N) is 1. The molecule has 0 aliphatic rings. The molecule has 0 aromatic heterocycles. The van der Waals surface area contributed by atoms with E-state index >= 15 is 0 Å². The SMILES string of the molecule is COc1ccc(C(=O)O)c(NCC(C)(C)S(C)(=O)=O)c1. The Labute approximate surface area is 118 Å². The van der Waals surface area contributed by atoms with Crippen LogP contribution in [0.4, 0.5) is 5.69 Å². The zero-order valence-electron chi connectivity index (χ0n) is 11.9. The first-order chi connectivity index (χ1) is 9.08. The van der Waals surface area contributed by atoms with Crippen LogP contribution in [0.5, 0.6) is 5.75 Å². The third-order valence-corrected chi connectivity index (χ3v) is 5.32. The summed E-state index contributed by atoms with van der Waals surface area (Å²) < 4.78 is 27.3. The molecule has 0 bridgehead atoms. The van der Waals surface area contributed by atoms with E-state index in [4.69, 9.17) is 9.84 Å². The summed E-state index contributed by atoms with van der Waals surface area (Å²) in [6.45, 7) is 3.26. The summed E-state index contributed by atoms with van der Waals surface area (Å²) in [4.78, 5) is 11.1. The van der Waals surface area contributed by atoms with Crippen LogP contribution in [0.1, 0.15) is 24.2 Å². The highest BCUT2D eigenvalue weighted by Gasteiger charge is 2.30. The first-order valence-electron chi connectivity index (χ1n) is 5.93. The molecule has 1 rings (SSSR count). The fraction of sp³-hybridized carbons (Fsp3) is 0.462. The molecule has 7 heteroatoms. The quantitative estimate of drug-likeness (QED) is 0.829. The predicted molar refractivity (Wildman–Crippen MR) is 77.4 cm³/mol. The topological polar surface area (TPSA) is 92.7 Å². The van der Waals surface area contributed by atoms with Crippen molar-refractivity contribution in [3.63, 3.8) is 0 Å². The van der Waals surface area contributed by atoms with E-state index in [1.165, 1.54) is 25.3 Å². The van der Waals surface area contributed by atoms with E-state index in [2.05, 4.69) is 5.32 Å². The van der Waals surface area contributed by atoms with Gasteiger partial charge in [0.2, 0.25) is 0 Å². The highest BCUT2D eigenvalue weighted by molar-refractivity contribution is 7.92. The highest BCUT2D eigenvalue weighted by Crippen LogP contribution is 2.24. The lowest BCUT2D eigenvalue weighted by Gasteiger charge is -2.24. The maximum absolute atomic E-state index is 11.6. The van der Waals surface area contributed by atoms with Crippen LogP contribution in [0.25, 0.3) is 0 Å². The van der Waals surface area contributed by atoms with Gasteiger partial charge in [0.25, 0.3) is 0 Å². The number of methoxy groups -OCH3 is 1. The Kier molecular flexibility index (Phi) is 4.65. The minimum Gasteiger partial charge on any atom is -0.497 e. The van der Waals surface area contributed by atoms with Crippen LogP contribution < -0.4 is 10.1 Å². The van der Waals surface area contributed by atoms with Crippen molar-refractivity contribution in [1.29, 1.82) is 0 Å². The summed E-state index contributed by atoms with van der Waals surface area (Å²) in [5, 5.41) is 12.0. The zero-order chi connectivity index (χ0) is 15.6. The fourth-order valence-electron chi connectivity index (χ4n) is 1.42. The van der Waals surface area contributed by atoms with Gasteiger partial charge in [-0.2, -0.15) is 0 Å². The van der Waals surface area contributed by atoms with E-state index in [1.54, 1.807) is 13.8 Å². The molecule has 0 aliphatic heterocycles. The molecular formula is C13H19NO5S. The largest absolute Gasteiger partial charge is 0.497 e. The first kappa shape index (κ1) is 16.3. The van der Waals surface area contributed by atoms with Crippen molar-refractivity contribution in [3.05, 3.63) is 23.8 Å². The second-order valence-electron chi connectivity index (χ2n) is 5.10. The van der Waals surface area contributed by atoms with Crippen LogP contribution in [-0.2, 0) is 9.84 Å². The first-order valence-corrected chi connectivity index (χ1v) is 7.82. The van der Waals surface area contributed by atoms with Crippen LogP contribution in [0.2, 0.25) is 0 Å². The summed E-state index contributed by atoms with van der Waals surface area (Å²) in [6.07, 6.45) is 1.15. The smallest absolute Gasteiger partial charge is 0.337 e. The van der Waals surface area contributed by atoms with Crippen molar-refractivity contribution < 1.29 is 23.1 Å². The molecule has 6 nitrogen and oxygen atoms in total. The van der Waals surface area contributed by atoms with Gasteiger partial charge in [0.15, 0.2) is 9.84 Å². The van der Waals surface area contributed by atoms with Gasteiger partial charge in [-0.25, -0.2) is 13.2 Å². The summed E-state index contributed by atoms with van der Waals surface area (Å²) in [6, 6.07) is 4.48. The average molecular weight is 301 g/mol. The molecule has 1 aromatic carbocycles. The van der Waals surface area contributed by atoms with Crippen molar-refractivity contribution in [2.75, 3.05) is 25.2 Å². The number of aromatic carboxylic acids is 1. The lowest BCUT2D eigenvalue weighted by atomic mass is 10.1. The Morgan fingerprint density at radius 3 is 2.45 bits per heavy atom. The third kappa shape index (κ3) is 3.63. The maximum Gasteiger partial charge on any atom is 0.337 e. The normalized spacial score (nSPS) is 12.0. The van der Waals surface area contributed by atoms with Crippen molar-refractivity contribution in [2.24, 2.45) is 0 Å². The van der Waals surface area contributed by atoms with E-state index in [0.717, 1.165) is 6.26 Å². The molecule has 0 atom stereocenters. The van der Waals surface area contributed by atoms with E-state index in [0.29, 0.717) is 11.4 Å². The van der Waals surface area contributed by atoms with Gasteiger partial charge in [0, 0.05) is 18.9 Å². The summed E-state index contributed by atoms with van der Waals surface area (Å²) in [7, 11) is -1.79. The third-order valence-electron chi connectivity index (χ3n) is 3.17. The van der Waals surface area contributed by atoms with Gasteiger partial charge in [-0.1, -0.05) is 0 Å². The number of benzene rings is 1. The standard InChI is InChI=1S/C13H19NO5S/c1-13(2,20(4,17)18)8-14-11-7-9(19-3)5-6-10(11)12(15)16/h5-7,14H,8H2,1-4H3,(H,15,16). The lowest BCUT2D eigenvalue weighted by molar-refractivity contribution is 0.0698. The number of carboxylic acids is 1. The number of hydrogen-bond donors (Lipinski definition) is 2. The van der Waals surface area contributed by atoms with E-state index in [1.807, 2.05) is 0 Å². The highest BCUT2D eigenvalue weighted by atomic mass is 32.2. The second-order valence-corrected chi connectivity index (χ2v) is 7.75. The Morgan fingerprint density at radius 1 is 1.40 bits per heavy atom. The molecule has 0 saturated heterocycles. The minimum absolute atomic E-state index is 0.0649. The number of hydrogen-bond acceptors (Lipinski definition) is 5. The molecule has 0 radical (unpaired) electrons. The Hall–Kier alpha value is -1.76. The second kappa shape index (κ2) is 5.70. The Balaban J connectivity index is 3.05. The van der Waals surface area contributed by atoms with E-state index in [9.17, 15) is 13.2 Å². The van der Waals surface area contributed by atoms with Crippen LogP contribution in [0.3, 0.4) is 0 Å². The molecular weight excluding hydrogens is 282 g/mol. The number of carboxylic acid groups (broad SMARTS) is 1. The van der Waals surface area contributed by atoms with Gasteiger partial charge in [0.05, 0.1) is 23.1 Å². The molecule has 0 aliphatic carbocycles. The number of anilines is 1. The van der Waals surface area contributed by atoms with Gasteiger partial charge in [-0.15, -0.1) is 0 Å². The monoisotopic (exact) mass is 301 g/mol. The van der Waals surface area contributed by atoms with Gasteiger partial charge < -0.3 is 15.2 Å². The van der Waals surface area contributed by atoms with Crippen molar-refractivity contribution >= 4 is 21.5 Å². The molecule has 1 aromatic rings. The summed E-state index contributed by atoms with van der Waals surface area (Å²) in [5.74, 6) is -0.595. The minimum atomic E-state index is -3.26. The maximum atomic E-state index is 11.6. The number of sulfone groups is 1. The molecule has 0 heterocycles. The zero-order valence-corrected chi connectivity index (χ0v) is 12.7. The van der Waals surface area contributed by atoms with Gasteiger partial charge in [-0.3, -0.25) is 0 Å². The van der Waals surface area contributed by atoms with E-state index in [-0.39, 0.29) is 12.1 Å². The average Bonchev–Trinajstić information content (AvgIpc) is 2.34. The molecule has 0 unspecified atom stereocenters. The predicted octanol–water partition coefficient (Wildman–Crippen LogP) is 1.63. The number of rotatable bonds is 6. The Morgan fingerprint density at radius 2 is 2.00 bits per heavy atom. The van der Waals surface area contributed by atoms with Crippen molar-refractivity contribution in [1.82, 2.24) is 0 Å². The summed E-state index contributed by atoms with van der Waals surface area (Å²) in [5.41, 5.74) is 0.392. The van der Waals surface area contributed by atoms with Crippen LogP contribution in [-0.4, -0.2) is 44.2 Å². The number of carbonyl (C=O) groups is 1. The van der Waals surface area contributed by atoms with Crippen LogP contribution in [0, 0.1) is 0 Å². The van der Waals surface area contributed by atoms with Crippen molar-refractivity contribution in [2.45, 2.75) is 18.6 Å². The molecule has 2 N–H and O–H groups in total. The molecule has 0 fully saturated rings. The van der Waals surface area contributed by atoms with Crippen molar-refractivity contribution in [3.8, 4) is 5.75 Å². The molecule has 112 valence electrons. The lowest BCUT2D eigenvalue weighted by Crippen LogP contribution is -2.38. The fourth-order valence-corrected chi connectivity index (χ4v) is 1.76. The molecule has 0 saturated carbocycles. The van der Waals surface area contributed by atoms with Crippen LogP contribution >= 0.6 is 0 Å². The molecule has 0 amide bonds. The van der Waals surface area contributed by atoms with Gasteiger partial charge in [-0.05, 0) is 26.0 Å². The van der Waals surface area contributed by atoms with E-state index < -0.39 is 20.6 Å². The summed E-state index contributed by atoms with van der Waals surface area (Å²) >= 11 is 0. The van der Waals surface area contributed by atoms with Gasteiger partial charge in [0.1, 0.15) is 5.75 Å². The number of ether oxygens (including phenoxy) is 1. The molecule has 20 heavy (non-hydrogen) atoms. The molecule has 0 spiro atoms. The van der Waals surface area contributed by atoms with Crippen LogP contribution in [0.15, 0.2) is 18.2 Å². The van der Waals surface area contributed by atoms with Gasteiger partial charge >= 0.3 is 5.97 Å². The Bertz CT molecular complexity index is 607.